The van der Waals surface area contributed by atoms with Gasteiger partial charge in [-0.3, -0.25) is 9.36 Å². The Hall–Kier alpha value is -2.25. The van der Waals surface area contributed by atoms with E-state index in [1.165, 1.54) is 0 Å². The summed E-state index contributed by atoms with van der Waals surface area (Å²) in [4.78, 5) is 12.2. The van der Waals surface area contributed by atoms with Gasteiger partial charge >= 0.3 is 0 Å². The minimum Gasteiger partial charge on any atom is -0.375 e. The van der Waals surface area contributed by atoms with E-state index < -0.39 is 0 Å². The summed E-state index contributed by atoms with van der Waals surface area (Å²) >= 11 is 0. The fraction of sp³-hybridized carbons (Fsp3) is 0.400. The van der Waals surface area contributed by atoms with Crippen molar-refractivity contribution in [1.29, 1.82) is 0 Å². The third-order valence-electron chi connectivity index (χ3n) is 3.67. The van der Waals surface area contributed by atoms with Crippen LogP contribution in [-0.2, 0) is 16.1 Å². The molecule has 0 spiro atoms. The van der Waals surface area contributed by atoms with Gasteiger partial charge in [0.1, 0.15) is 12.4 Å². The molecule has 1 aromatic heterocycles. The minimum atomic E-state index is -0.332. The number of benzene rings is 1. The summed E-state index contributed by atoms with van der Waals surface area (Å²) in [5, 5.41) is 14.1. The lowest BCUT2D eigenvalue weighted by molar-refractivity contribution is -0.129. The highest BCUT2D eigenvalue weighted by Crippen LogP contribution is 2.09. The number of nitrogens with one attached hydrogen (secondary N) is 2. The Morgan fingerprint density at radius 3 is 3.05 bits per heavy atom. The molecule has 2 atom stereocenters. The minimum absolute atomic E-state index is 0.0881. The van der Waals surface area contributed by atoms with Gasteiger partial charge in [0.15, 0.2) is 5.82 Å². The average Bonchev–Trinajstić information content (AvgIpc) is 3.02. The highest BCUT2D eigenvalue weighted by molar-refractivity contribution is 5.82. The Bertz CT molecular complexity index is 628. The molecule has 7 nitrogen and oxygen atoms in total. The van der Waals surface area contributed by atoms with Crippen LogP contribution in [-0.4, -0.2) is 46.0 Å². The molecule has 1 amide bonds. The second kappa shape index (κ2) is 6.67. The van der Waals surface area contributed by atoms with E-state index in [1.54, 1.807) is 6.33 Å². The molecule has 1 aliphatic heterocycles. The fourth-order valence-corrected chi connectivity index (χ4v) is 2.49. The lowest BCUT2D eigenvalue weighted by Gasteiger charge is -2.29. The predicted molar refractivity (Wildman–Crippen MR) is 80.4 cm³/mol. The van der Waals surface area contributed by atoms with Crippen molar-refractivity contribution in [2.24, 2.45) is 0 Å². The molecule has 1 fully saturated rings. The quantitative estimate of drug-likeness (QED) is 0.847. The van der Waals surface area contributed by atoms with Crippen LogP contribution in [0.2, 0.25) is 0 Å². The lowest BCUT2D eigenvalue weighted by Crippen LogP contribution is -2.55. The van der Waals surface area contributed by atoms with Gasteiger partial charge in [-0.25, -0.2) is 0 Å². The smallest absolute Gasteiger partial charge is 0.240 e. The normalized spacial score (nSPS) is 21.5. The van der Waals surface area contributed by atoms with Crippen LogP contribution in [0, 0.1) is 0 Å². The van der Waals surface area contributed by atoms with Crippen LogP contribution in [0.25, 0.3) is 5.69 Å². The highest BCUT2D eigenvalue weighted by Gasteiger charge is 2.28. The Morgan fingerprint density at radius 1 is 1.45 bits per heavy atom. The molecule has 2 aromatic rings. The second-order valence-corrected chi connectivity index (χ2v) is 5.18. The van der Waals surface area contributed by atoms with Gasteiger partial charge < -0.3 is 15.4 Å². The van der Waals surface area contributed by atoms with E-state index in [0.717, 1.165) is 5.69 Å². The van der Waals surface area contributed by atoms with Gasteiger partial charge in [0.2, 0.25) is 5.91 Å². The van der Waals surface area contributed by atoms with Crippen molar-refractivity contribution >= 4 is 5.91 Å². The summed E-state index contributed by atoms with van der Waals surface area (Å²) in [7, 11) is 0. The number of morpholine rings is 1. The zero-order valence-electron chi connectivity index (χ0n) is 12.4. The number of rotatable bonds is 4. The summed E-state index contributed by atoms with van der Waals surface area (Å²) in [6.07, 6.45) is 1.50. The van der Waals surface area contributed by atoms with Crippen LogP contribution < -0.4 is 10.6 Å². The maximum atomic E-state index is 12.2. The number of carbonyl (C=O) groups excluding carboxylic acids is 1. The van der Waals surface area contributed by atoms with Crippen molar-refractivity contribution < 1.29 is 9.53 Å². The fourth-order valence-electron chi connectivity index (χ4n) is 2.49. The number of hydrogen-bond donors (Lipinski definition) is 2. The van der Waals surface area contributed by atoms with Crippen molar-refractivity contribution in [3.05, 3.63) is 42.5 Å². The van der Waals surface area contributed by atoms with Gasteiger partial charge in [0.05, 0.1) is 19.3 Å². The topological polar surface area (TPSA) is 81.1 Å². The van der Waals surface area contributed by atoms with Crippen molar-refractivity contribution in [1.82, 2.24) is 25.4 Å². The maximum Gasteiger partial charge on any atom is 0.240 e. The van der Waals surface area contributed by atoms with Gasteiger partial charge in [0, 0.05) is 12.2 Å². The van der Waals surface area contributed by atoms with E-state index in [2.05, 4.69) is 20.8 Å². The molecule has 0 bridgehead atoms. The van der Waals surface area contributed by atoms with Gasteiger partial charge in [-0.15, -0.1) is 10.2 Å². The molecule has 7 heteroatoms. The highest BCUT2D eigenvalue weighted by atomic mass is 16.5. The number of amides is 1. The molecule has 3 rings (SSSR count). The van der Waals surface area contributed by atoms with Gasteiger partial charge in [0.25, 0.3) is 0 Å². The van der Waals surface area contributed by atoms with E-state index in [0.29, 0.717) is 25.5 Å². The zero-order valence-corrected chi connectivity index (χ0v) is 12.4. The van der Waals surface area contributed by atoms with Crippen molar-refractivity contribution in [2.75, 3.05) is 13.2 Å². The summed E-state index contributed by atoms with van der Waals surface area (Å²) in [6, 6.07) is 9.44. The third-order valence-corrected chi connectivity index (χ3v) is 3.67. The number of aromatic nitrogens is 3. The first-order chi connectivity index (χ1) is 10.8. The van der Waals surface area contributed by atoms with Crippen LogP contribution >= 0.6 is 0 Å². The van der Waals surface area contributed by atoms with Crippen LogP contribution in [0.5, 0.6) is 0 Å². The lowest BCUT2D eigenvalue weighted by atomic mass is 10.1. The van der Waals surface area contributed by atoms with Crippen molar-refractivity contribution in [3.63, 3.8) is 0 Å². The number of para-hydroxylation sites is 1. The standard InChI is InChI=1S/C15H19N5O2/c1-11-14(16-7-8-22-11)15(21)17-9-13-19-18-10-20(13)12-5-3-2-4-6-12/h2-6,10-11,14,16H,7-9H2,1H3,(H,17,21)/t11-,14+/m1/s1. The van der Waals surface area contributed by atoms with Crippen LogP contribution in [0.15, 0.2) is 36.7 Å². The molecule has 1 aromatic carbocycles. The van der Waals surface area contributed by atoms with E-state index in [4.69, 9.17) is 4.74 Å². The van der Waals surface area contributed by atoms with E-state index in [-0.39, 0.29) is 18.1 Å². The van der Waals surface area contributed by atoms with Gasteiger partial charge in [-0.2, -0.15) is 0 Å². The maximum absolute atomic E-state index is 12.2. The molecule has 0 unspecified atom stereocenters. The van der Waals surface area contributed by atoms with Crippen LogP contribution in [0.4, 0.5) is 0 Å². The summed E-state index contributed by atoms with van der Waals surface area (Å²) in [5.74, 6) is 0.596. The Kier molecular flexibility index (Phi) is 4.45. The van der Waals surface area contributed by atoms with E-state index in [1.807, 2.05) is 41.8 Å². The molecule has 0 radical (unpaired) electrons. The first-order valence-corrected chi connectivity index (χ1v) is 7.33. The number of hydrogen-bond acceptors (Lipinski definition) is 5. The average molecular weight is 301 g/mol. The molecule has 0 aliphatic carbocycles. The Labute approximate surface area is 128 Å². The molecule has 22 heavy (non-hydrogen) atoms. The zero-order chi connectivity index (χ0) is 15.4. The molecule has 1 saturated heterocycles. The molecule has 2 N–H and O–H groups in total. The molecule has 116 valence electrons. The molecule has 1 aliphatic rings. The van der Waals surface area contributed by atoms with Crippen molar-refractivity contribution in [2.45, 2.75) is 25.6 Å². The molecule has 2 heterocycles. The van der Waals surface area contributed by atoms with Crippen LogP contribution in [0.1, 0.15) is 12.7 Å². The summed E-state index contributed by atoms with van der Waals surface area (Å²) < 4.78 is 7.34. The first kappa shape index (κ1) is 14.7. The third kappa shape index (κ3) is 3.15. The van der Waals surface area contributed by atoms with Gasteiger partial charge in [-0.05, 0) is 19.1 Å². The second-order valence-electron chi connectivity index (χ2n) is 5.18. The monoisotopic (exact) mass is 301 g/mol. The Morgan fingerprint density at radius 2 is 2.27 bits per heavy atom. The number of carbonyl (C=O) groups is 1. The number of nitrogens with zero attached hydrogens (tertiary/aromatic N) is 3. The van der Waals surface area contributed by atoms with Gasteiger partial charge in [-0.1, -0.05) is 18.2 Å². The first-order valence-electron chi connectivity index (χ1n) is 7.33. The van der Waals surface area contributed by atoms with Crippen LogP contribution in [0.3, 0.4) is 0 Å². The predicted octanol–water partition coefficient (Wildman–Crippen LogP) is 0.260. The molecular formula is C15H19N5O2. The molecule has 0 saturated carbocycles. The largest absolute Gasteiger partial charge is 0.375 e. The number of ether oxygens (including phenoxy) is 1. The van der Waals surface area contributed by atoms with E-state index >= 15 is 0 Å². The molecular weight excluding hydrogens is 282 g/mol. The summed E-state index contributed by atoms with van der Waals surface area (Å²) in [5.41, 5.74) is 0.962. The SMILES string of the molecule is C[C@H]1OCCN[C@@H]1C(=O)NCc1nncn1-c1ccccc1. The van der Waals surface area contributed by atoms with E-state index in [9.17, 15) is 4.79 Å². The van der Waals surface area contributed by atoms with Crippen molar-refractivity contribution in [3.8, 4) is 5.69 Å². The summed E-state index contributed by atoms with van der Waals surface area (Å²) in [6.45, 7) is 3.53. The Balaban J connectivity index is 1.65.